The Kier molecular flexibility index (Phi) is 12.5. The fraction of sp³-hybridized carbons (Fsp3) is 1.00. The van der Waals surface area contributed by atoms with Crippen molar-refractivity contribution in [2.75, 3.05) is 11.5 Å². The first kappa shape index (κ1) is 20.3. The van der Waals surface area contributed by atoms with Gasteiger partial charge in [0, 0.05) is 0 Å². The molecule has 0 radical (unpaired) electrons. The summed E-state index contributed by atoms with van der Waals surface area (Å²) in [6.45, 7) is 0. The Hall–Kier alpha value is 1.82. The summed E-state index contributed by atoms with van der Waals surface area (Å²) in [6.07, 6.45) is -0.308. The SMILES string of the molecule is O=S(=O)(O)CCCS(=O)(=O)O.[NaH].[NaH]. The van der Waals surface area contributed by atoms with Crippen molar-refractivity contribution in [2.24, 2.45) is 0 Å². The van der Waals surface area contributed by atoms with Crippen LogP contribution in [-0.2, 0) is 20.2 Å². The van der Waals surface area contributed by atoms with Gasteiger partial charge >= 0.3 is 59.1 Å². The van der Waals surface area contributed by atoms with E-state index in [2.05, 4.69) is 0 Å². The molecule has 72 valence electrons. The third-order valence-electron chi connectivity index (χ3n) is 0.805. The zero-order valence-electron chi connectivity index (χ0n) is 5.47. The monoisotopic (exact) mass is 252 g/mol. The number of hydrogen-bond donors (Lipinski definition) is 2. The van der Waals surface area contributed by atoms with E-state index in [1.807, 2.05) is 0 Å². The fourth-order valence-electron chi connectivity index (χ4n) is 0.424. The average molecular weight is 252 g/mol. The van der Waals surface area contributed by atoms with Crippen molar-refractivity contribution in [2.45, 2.75) is 6.42 Å². The third-order valence-corrected chi connectivity index (χ3v) is 2.41. The second kappa shape index (κ2) is 8.03. The van der Waals surface area contributed by atoms with Crippen LogP contribution in [0.2, 0.25) is 0 Å². The van der Waals surface area contributed by atoms with Crippen molar-refractivity contribution in [3.8, 4) is 0 Å². The number of hydrogen-bond acceptors (Lipinski definition) is 4. The molecule has 13 heavy (non-hydrogen) atoms. The molecule has 0 aromatic carbocycles. The van der Waals surface area contributed by atoms with Crippen LogP contribution in [-0.4, -0.2) is 96.6 Å². The van der Waals surface area contributed by atoms with Gasteiger partial charge in [-0.25, -0.2) is 0 Å². The van der Waals surface area contributed by atoms with E-state index in [1.54, 1.807) is 0 Å². The number of rotatable bonds is 4. The van der Waals surface area contributed by atoms with Gasteiger partial charge in [0.2, 0.25) is 0 Å². The van der Waals surface area contributed by atoms with Crippen LogP contribution in [0, 0.1) is 0 Å². The van der Waals surface area contributed by atoms with Crippen molar-refractivity contribution in [3.63, 3.8) is 0 Å². The maximum atomic E-state index is 10.00. The summed E-state index contributed by atoms with van der Waals surface area (Å²) in [6, 6.07) is 0. The molecular weight excluding hydrogens is 242 g/mol. The van der Waals surface area contributed by atoms with E-state index in [1.165, 1.54) is 0 Å². The van der Waals surface area contributed by atoms with Gasteiger partial charge in [-0.15, -0.1) is 0 Å². The summed E-state index contributed by atoms with van der Waals surface area (Å²) in [5.41, 5.74) is 0. The van der Waals surface area contributed by atoms with E-state index in [0.29, 0.717) is 0 Å². The maximum absolute atomic E-state index is 10.00. The van der Waals surface area contributed by atoms with Crippen molar-refractivity contribution >= 4 is 79.4 Å². The third kappa shape index (κ3) is 20.0. The van der Waals surface area contributed by atoms with Crippen LogP contribution in [0.1, 0.15) is 6.42 Å². The van der Waals surface area contributed by atoms with E-state index in [9.17, 15) is 16.8 Å². The van der Waals surface area contributed by atoms with Crippen molar-refractivity contribution in [3.05, 3.63) is 0 Å². The minimum absolute atomic E-state index is 0. The standard InChI is InChI=1S/C3H8O6S2.2Na.2H/c4-10(5,6)2-1-3-11(7,8)9;;;;/h1-3H2,(H,4,5,6)(H,7,8,9);;;;. The van der Waals surface area contributed by atoms with Gasteiger partial charge in [-0.3, -0.25) is 9.11 Å². The Labute approximate surface area is 122 Å². The van der Waals surface area contributed by atoms with Crippen molar-refractivity contribution in [1.29, 1.82) is 0 Å². The minimum atomic E-state index is -4.12. The molecule has 0 spiro atoms. The second-order valence-electron chi connectivity index (χ2n) is 1.93. The molecule has 0 aromatic heterocycles. The van der Waals surface area contributed by atoms with Gasteiger partial charge in [0.05, 0.1) is 11.5 Å². The van der Waals surface area contributed by atoms with Crippen LogP contribution in [0.5, 0.6) is 0 Å². The van der Waals surface area contributed by atoms with E-state index < -0.39 is 31.7 Å². The van der Waals surface area contributed by atoms with Gasteiger partial charge < -0.3 is 0 Å². The van der Waals surface area contributed by atoms with Crippen LogP contribution in [0.4, 0.5) is 0 Å². The second-order valence-corrected chi connectivity index (χ2v) is 5.07. The molecule has 10 heteroatoms. The fourth-order valence-corrected chi connectivity index (χ4v) is 1.62. The van der Waals surface area contributed by atoms with Crippen LogP contribution in [0.3, 0.4) is 0 Å². The summed E-state index contributed by atoms with van der Waals surface area (Å²) < 4.78 is 56.2. The molecular formula is C3H10Na2O6S2. The summed E-state index contributed by atoms with van der Waals surface area (Å²) in [4.78, 5) is 0. The van der Waals surface area contributed by atoms with Gasteiger partial charge in [0.25, 0.3) is 20.2 Å². The molecule has 2 N–H and O–H groups in total. The van der Waals surface area contributed by atoms with Crippen LogP contribution in [0.25, 0.3) is 0 Å². The molecule has 0 aromatic rings. The summed E-state index contributed by atoms with van der Waals surface area (Å²) in [5, 5.41) is 0. The molecule has 0 bridgehead atoms. The zero-order valence-corrected chi connectivity index (χ0v) is 7.10. The molecule has 0 aliphatic carbocycles. The van der Waals surface area contributed by atoms with E-state index in [-0.39, 0.29) is 65.5 Å². The van der Waals surface area contributed by atoms with Crippen LogP contribution in [0.15, 0.2) is 0 Å². The first-order valence-corrected chi connectivity index (χ1v) is 5.83. The first-order chi connectivity index (χ1) is 4.71. The van der Waals surface area contributed by atoms with Gasteiger partial charge in [0.15, 0.2) is 0 Å². The van der Waals surface area contributed by atoms with Crippen molar-refractivity contribution < 1.29 is 25.9 Å². The quantitative estimate of drug-likeness (QED) is 0.436. The molecule has 0 aliphatic heterocycles. The molecule has 0 fully saturated rings. The van der Waals surface area contributed by atoms with E-state index >= 15 is 0 Å². The molecule has 0 unspecified atom stereocenters. The molecule has 0 aliphatic rings. The molecule has 0 saturated carbocycles. The predicted molar refractivity (Wildman–Crippen MR) is 51.7 cm³/mol. The van der Waals surface area contributed by atoms with Gasteiger partial charge in [-0.05, 0) is 6.42 Å². The summed E-state index contributed by atoms with van der Waals surface area (Å²) in [5.74, 6) is -1.32. The van der Waals surface area contributed by atoms with Crippen LogP contribution >= 0.6 is 0 Å². The molecule has 6 nitrogen and oxygen atoms in total. The Morgan fingerprint density at radius 1 is 0.769 bits per heavy atom. The topological polar surface area (TPSA) is 109 Å². The predicted octanol–water partition coefficient (Wildman–Crippen LogP) is -2.14. The molecule has 0 rings (SSSR count). The van der Waals surface area contributed by atoms with Crippen LogP contribution < -0.4 is 0 Å². The Balaban J connectivity index is -0.000000500. The Morgan fingerprint density at radius 3 is 1.15 bits per heavy atom. The zero-order chi connectivity index (χ0) is 9.12. The molecule has 0 amide bonds. The summed E-state index contributed by atoms with van der Waals surface area (Å²) >= 11 is 0. The normalized spacial score (nSPS) is 11.2. The Morgan fingerprint density at radius 2 is 1.00 bits per heavy atom. The average Bonchev–Trinajstić information content (AvgIpc) is 1.55. The van der Waals surface area contributed by atoms with Crippen molar-refractivity contribution in [1.82, 2.24) is 0 Å². The molecule has 0 atom stereocenters. The summed E-state index contributed by atoms with van der Waals surface area (Å²) in [7, 11) is -8.24. The molecule has 0 heterocycles. The van der Waals surface area contributed by atoms with Gasteiger partial charge in [0.1, 0.15) is 0 Å². The Bertz CT molecular complexity index is 273. The van der Waals surface area contributed by atoms with Gasteiger partial charge in [-0.1, -0.05) is 0 Å². The molecule has 0 saturated heterocycles. The van der Waals surface area contributed by atoms with Gasteiger partial charge in [-0.2, -0.15) is 16.8 Å². The van der Waals surface area contributed by atoms with E-state index in [4.69, 9.17) is 9.11 Å². The first-order valence-electron chi connectivity index (χ1n) is 2.61. The van der Waals surface area contributed by atoms with E-state index in [0.717, 1.165) is 0 Å².